The lowest BCUT2D eigenvalue weighted by Gasteiger charge is -2.43. The van der Waals surface area contributed by atoms with E-state index in [4.69, 9.17) is 0 Å². The van der Waals surface area contributed by atoms with E-state index in [0.29, 0.717) is 22.6 Å². The summed E-state index contributed by atoms with van der Waals surface area (Å²) in [5, 5.41) is 11.4. The molecule has 5 rings (SSSR count). The van der Waals surface area contributed by atoms with E-state index in [9.17, 15) is 13.5 Å². The van der Waals surface area contributed by atoms with Crippen LogP contribution in [-0.2, 0) is 22.9 Å². The Hall–Kier alpha value is -1.73. The first-order chi connectivity index (χ1) is 14.9. The van der Waals surface area contributed by atoms with Crippen molar-refractivity contribution in [3.05, 3.63) is 65.2 Å². The lowest BCUT2D eigenvalue weighted by atomic mass is 9.77. The highest BCUT2D eigenvalue weighted by atomic mass is 32.2. The number of fused-ring (bicyclic) bond motifs is 3. The Morgan fingerprint density at radius 1 is 1.06 bits per heavy atom. The van der Waals surface area contributed by atoms with E-state index in [-0.39, 0.29) is 0 Å². The number of sulfonamides is 1. The topological polar surface area (TPSA) is 69.6 Å². The van der Waals surface area contributed by atoms with Gasteiger partial charge in [0, 0.05) is 26.1 Å². The van der Waals surface area contributed by atoms with Gasteiger partial charge in [0.25, 0.3) is 0 Å². The van der Waals surface area contributed by atoms with E-state index in [1.54, 1.807) is 6.07 Å². The van der Waals surface area contributed by atoms with E-state index < -0.39 is 15.6 Å². The molecule has 6 heteroatoms. The largest absolute Gasteiger partial charge is 0.388 e. The van der Waals surface area contributed by atoms with E-state index in [1.165, 1.54) is 31.0 Å². The Kier molecular flexibility index (Phi) is 5.45. The summed E-state index contributed by atoms with van der Waals surface area (Å²) in [7, 11) is -1.97. The van der Waals surface area contributed by atoms with Crippen molar-refractivity contribution in [2.24, 2.45) is 11.8 Å². The van der Waals surface area contributed by atoms with Crippen LogP contribution in [0.15, 0.2) is 53.4 Å². The molecule has 5 nitrogen and oxygen atoms in total. The molecule has 3 aliphatic rings. The van der Waals surface area contributed by atoms with E-state index >= 15 is 0 Å². The van der Waals surface area contributed by atoms with Gasteiger partial charge in [0.15, 0.2) is 0 Å². The first-order valence-corrected chi connectivity index (χ1v) is 12.9. The smallest absolute Gasteiger partial charge is 0.240 e. The maximum Gasteiger partial charge on any atom is 0.240 e. The summed E-state index contributed by atoms with van der Waals surface area (Å²) in [5.74, 6) is 1.45. The average Bonchev–Trinajstić information content (AvgIpc) is 3.04. The molecule has 31 heavy (non-hydrogen) atoms. The Balaban J connectivity index is 1.30. The molecule has 2 aromatic carbocycles. The summed E-state index contributed by atoms with van der Waals surface area (Å²) in [5.41, 5.74) is 3.16. The molecular weight excluding hydrogens is 408 g/mol. The second-order valence-electron chi connectivity index (χ2n) is 9.77. The number of hydrogen-bond donors (Lipinski definition) is 2. The van der Waals surface area contributed by atoms with Crippen molar-refractivity contribution in [1.82, 2.24) is 9.62 Å². The van der Waals surface area contributed by atoms with Gasteiger partial charge >= 0.3 is 0 Å². The van der Waals surface area contributed by atoms with Crippen LogP contribution in [0.25, 0.3) is 0 Å². The van der Waals surface area contributed by atoms with Gasteiger partial charge in [-0.25, -0.2) is 13.1 Å². The number of hydrogen-bond acceptors (Lipinski definition) is 4. The van der Waals surface area contributed by atoms with Crippen molar-refractivity contribution < 1.29 is 13.5 Å². The fourth-order valence-corrected chi connectivity index (χ4v) is 7.12. The van der Waals surface area contributed by atoms with Gasteiger partial charge in [0.2, 0.25) is 10.0 Å². The molecule has 1 saturated heterocycles. The SMILES string of the molecule is CNS(=O)(=O)c1cccc(C2C3CCC2CN(CC2(O)CCc4ccccc4C2)C3)c1. The van der Waals surface area contributed by atoms with Gasteiger partial charge in [-0.15, -0.1) is 0 Å². The van der Waals surface area contributed by atoms with Crippen LogP contribution in [0.2, 0.25) is 0 Å². The number of rotatable bonds is 5. The summed E-state index contributed by atoms with van der Waals surface area (Å²) in [6.45, 7) is 2.69. The molecule has 1 saturated carbocycles. The predicted octanol–water partition coefficient (Wildman–Crippen LogP) is 2.94. The molecule has 0 radical (unpaired) electrons. The number of aliphatic hydroxyl groups is 1. The molecule has 1 heterocycles. The second-order valence-corrected chi connectivity index (χ2v) is 11.7. The minimum atomic E-state index is -3.43. The van der Waals surface area contributed by atoms with Gasteiger partial charge < -0.3 is 5.11 Å². The highest BCUT2D eigenvalue weighted by Gasteiger charge is 2.45. The van der Waals surface area contributed by atoms with Gasteiger partial charge in [0.1, 0.15) is 0 Å². The third-order valence-electron chi connectivity index (χ3n) is 7.75. The van der Waals surface area contributed by atoms with Crippen molar-refractivity contribution >= 4 is 10.0 Å². The third-order valence-corrected chi connectivity index (χ3v) is 9.16. The second kappa shape index (κ2) is 8.00. The molecule has 0 aromatic heterocycles. The van der Waals surface area contributed by atoms with Crippen LogP contribution in [0, 0.1) is 11.8 Å². The van der Waals surface area contributed by atoms with Crippen LogP contribution in [0.5, 0.6) is 0 Å². The summed E-state index contributed by atoms with van der Waals surface area (Å²) in [6.07, 6.45) is 4.86. The van der Waals surface area contributed by atoms with E-state index in [2.05, 4.69) is 40.0 Å². The molecule has 166 valence electrons. The monoisotopic (exact) mass is 440 g/mol. The molecule has 2 bridgehead atoms. The maximum absolute atomic E-state index is 12.3. The highest BCUT2D eigenvalue weighted by molar-refractivity contribution is 7.89. The Labute approximate surface area is 185 Å². The van der Waals surface area contributed by atoms with Gasteiger partial charge in [-0.3, -0.25) is 4.90 Å². The molecule has 2 aromatic rings. The fraction of sp³-hybridized carbons (Fsp3) is 0.520. The van der Waals surface area contributed by atoms with Gasteiger partial charge in [-0.1, -0.05) is 36.4 Å². The minimum absolute atomic E-state index is 0.351. The van der Waals surface area contributed by atoms with E-state index in [0.717, 1.165) is 44.5 Å². The molecule has 0 amide bonds. The van der Waals surface area contributed by atoms with Crippen molar-refractivity contribution in [3.63, 3.8) is 0 Å². The number of aryl methyl sites for hydroxylation is 1. The molecule has 2 fully saturated rings. The highest BCUT2D eigenvalue weighted by Crippen LogP contribution is 2.48. The molecule has 2 N–H and O–H groups in total. The molecule has 2 aliphatic carbocycles. The first-order valence-electron chi connectivity index (χ1n) is 11.4. The van der Waals surface area contributed by atoms with Crippen LogP contribution in [-0.4, -0.2) is 50.7 Å². The molecule has 0 spiro atoms. The molecule has 1 aliphatic heterocycles. The molecular formula is C25H32N2O3S. The first kappa shape index (κ1) is 21.1. The minimum Gasteiger partial charge on any atom is -0.388 e. The van der Waals surface area contributed by atoms with Gasteiger partial charge in [-0.2, -0.15) is 0 Å². The normalized spacial score (nSPS) is 30.8. The Morgan fingerprint density at radius 3 is 2.48 bits per heavy atom. The Morgan fingerprint density at radius 2 is 1.77 bits per heavy atom. The van der Waals surface area contributed by atoms with Crippen LogP contribution < -0.4 is 4.72 Å². The fourth-order valence-electron chi connectivity index (χ4n) is 6.34. The van der Waals surface area contributed by atoms with Crippen molar-refractivity contribution in [2.75, 3.05) is 26.7 Å². The number of β-amino-alcohol motifs (C(OH)–C–C–N with tert-alkyl or cyclic N) is 1. The predicted molar refractivity (Wildman–Crippen MR) is 121 cm³/mol. The maximum atomic E-state index is 12.3. The zero-order valence-corrected chi connectivity index (χ0v) is 18.9. The number of nitrogens with one attached hydrogen (secondary N) is 1. The summed E-state index contributed by atoms with van der Waals surface area (Å²) in [6, 6.07) is 16.0. The summed E-state index contributed by atoms with van der Waals surface area (Å²) < 4.78 is 27.0. The average molecular weight is 441 g/mol. The lowest BCUT2D eigenvalue weighted by Crippen LogP contribution is -2.51. The lowest BCUT2D eigenvalue weighted by molar-refractivity contribution is -0.0219. The Bertz CT molecular complexity index is 1060. The quantitative estimate of drug-likeness (QED) is 0.750. The summed E-state index contributed by atoms with van der Waals surface area (Å²) in [4.78, 5) is 2.82. The molecule has 3 unspecified atom stereocenters. The number of nitrogens with zero attached hydrogens (tertiary/aromatic N) is 1. The van der Waals surface area contributed by atoms with Gasteiger partial charge in [0.05, 0.1) is 10.5 Å². The number of piperidine rings is 1. The number of likely N-dealkylation sites (tertiary alicyclic amines) is 1. The standard InChI is InChI=1S/C25H32N2O3S/c1-26-31(29,30)23-8-4-7-19(13-23)24-21-9-10-22(24)16-27(15-21)17-25(28)12-11-18-5-2-3-6-20(18)14-25/h2-8,13,21-22,24,26,28H,9-12,14-17H2,1H3. The van der Waals surface area contributed by atoms with E-state index in [1.807, 2.05) is 12.1 Å². The van der Waals surface area contributed by atoms with Crippen LogP contribution in [0.4, 0.5) is 0 Å². The zero-order chi connectivity index (χ0) is 21.6. The third kappa shape index (κ3) is 4.07. The van der Waals surface area contributed by atoms with Gasteiger partial charge in [-0.05, 0) is 79.3 Å². The van der Waals surface area contributed by atoms with Crippen LogP contribution in [0.1, 0.15) is 41.9 Å². The zero-order valence-electron chi connectivity index (χ0n) is 18.1. The van der Waals surface area contributed by atoms with Crippen LogP contribution >= 0.6 is 0 Å². The van der Waals surface area contributed by atoms with Crippen LogP contribution in [0.3, 0.4) is 0 Å². The molecule has 3 atom stereocenters. The van der Waals surface area contributed by atoms with Crippen molar-refractivity contribution in [3.8, 4) is 0 Å². The number of benzene rings is 2. The van der Waals surface area contributed by atoms with Crippen molar-refractivity contribution in [2.45, 2.75) is 48.5 Å². The van der Waals surface area contributed by atoms with Crippen molar-refractivity contribution in [1.29, 1.82) is 0 Å². The summed E-state index contributed by atoms with van der Waals surface area (Å²) >= 11 is 0.